The maximum Gasteiger partial charge on any atom is 0.416 e. The normalized spacial score (nSPS) is 13.8. The molecule has 29 heavy (non-hydrogen) atoms. The smallest absolute Gasteiger partial charge is 0.339 e. The van der Waals surface area contributed by atoms with Gasteiger partial charge in [-0.15, -0.1) is 0 Å². The second-order valence-corrected chi connectivity index (χ2v) is 7.27. The molecule has 0 radical (unpaired) electrons. The van der Waals surface area contributed by atoms with Crippen molar-refractivity contribution in [3.05, 3.63) is 83.6 Å². The Morgan fingerprint density at radius 1 is 1.14 bits per heavy atom. The summed E-state index contributed by atoms with van der Waals surface area (Å²) in [6.07, 6.45) is 5.22. The van der Waals surface area contributed by atoms with Crippen LogP contribution in [0.2, 0.25) is 0 Å². The van der Waals surface area contributed by atoms with E-state index in [4.69, 9.17) is 0 Å². The van der Waals surface area contributed by atoms with E-state index in [0.717, 1.165) is 36.2 Å². The van der Waals surface area contributed by atoms with Crippen molar-refractivity contribution in [1.82, 2.24) is 14.5 Å². The SMILES string of the molecule is C=C(Nc1cn(Cc2cccc(C(F)(F)F)c2)cn1)c1cnc2c(c1)CCCC2. The molecule has 0 aliphatic heterocycles. The van der Waals surface area contributed by atoms with Gasteiger partial charge in [-0.3, -0.25) is 4.98 Å². The zero-order valence-corrected chi connectivity index (χ0v) is 15.8. The predicted molar refractivity (Wildman–Crippen MR) is 106 cm³/mol. The summed E-state index contributed by atoms with van der Waals surface area (Å²) in [6, 6.07) is 7.43. The van der Waals surface area contributed by atoms with Crippen LogP contribution in [0.1, 0.15) is 40.8 Å². The van der Waals surface area contributed by atoms with E-state index in [1.165, 1.54) is 24.5 Å². The van der Waals surface area contributed by atoms with Gasteiger partial charge in [0.25, 0.3) is 0 Å². The number of halogens is 3. The van der Waals surface area contributed by atoms with Crippen molar-refractivity contribution < 1.29 is 13.2 Å². The highest BCUT2D eigenvalue weighted by atomic mass is 19.4. The van der Waals surface area contributed by atoms with E-state index in [9.17, 15) is 13.2 Å². The van der Waals surface area contributed by atoms with Gasteiger partial charge in [0, 0.05) is 35.9 Å². The van der Waals surface area contributed by atoms with Crippen molar-refractivity contribution in [3.63, 3.8) is 0 Å². The van der Waals surface area contributed by atoms with Gasteiger partial charge in [0.2, 0.25) is 0 Å². The van der Waals surface area contributed by atoms with Gasteiger partial charge in [0.05, 0.1) is 11.9 Å². The van der Waals surface area contributed by atoms with Gasteiger partial charge < -0.3 is 9.88 Å². The molecule has 7 heteroatoms. The molecule has 1 N–H and O–H groups in total. The monoisotopic (exact) mass is 398 g/mol. The average molecular weight is 398 g/mol. The summed E-state index contributed by atoms with van der Waals surface area (Å²) in [5.41, 5.74) is 3.95. The number of hydrogen-bond donors (Lipinski definition) is 1. The van der Waals surface area contributed by atoms with Crippen LogP contribution in [0.5, 0.6) is 0 Å². The van der Waals surface area contributed by atoms with Gasteiger partial charge in [-0.05, 0) is 55.0 Å². The molecule has 0 saturated carbocycles. The topological polar surface area (TPSA) is 42.7 Å². The Morgan fingerprint density at radius 2 is 1.97 bits per heavy atom. The summed E-state index contributed by atoms with van der Waals surface area (Å²) in [5.74, 6) is 0.583. The molecule has 3 aromatic rings. The fourth-order valence-electron chi connectivity index (χ4n) is 3.55. The van der Waals surface area contributed by atoms with Gasteiger partial charge in [0.1, 0.15) is 5.82 Å². The molecule has 0 unspecified atom stereocenters. The molecule has 2 aromatic heterocycles. The Bertz CT molecular complexity index is 1040. The summed E-state index contributed by atoms with van der Waals surface area (Å²) in [6.45, 7) is 4.37. The van der Waals surface area contributed by atoms with Gasteiger partial charge in [0.15, 0.2) is 0 Å². The Morgan fingerprint density at radius 3 is 2.79 bits per heavy atom. The van der Waals surface area contributed by atoms with Crippen molar-refractivity contribution >= 4 is 11.5 Å². The highest BCUT2D eigenvalue weighted by Crippen LogP contribution is 2.30. The molecule has 0 atom stereocenters. The molecule has 1 aromatic carbocycles. The maximum absolute atomic E-state index is 12.9. The van der Waals surface area contributed by atoms with E-state index in [-0.39, 0.29) is 0 Å². The Hall–Kier alpha value is -3.09. The Kier molecular flexibility index (Phi) is 5.13. The molecular weight excluding hydrogens is 377 g/mol. The highest BCUT2D eigenvalue weighted by molar-refractivity contribution is 5.73. The lowest BCUT2D eigenvalue weighted by Crippen LogP contribution is -2.07. The minimum Gasteiger partial charge on any atom is -0.339 e. The maximum atomic E-state index is 12.9. The number of nitrogens with one attached hydrogen (secondary N) is 1. The average Bonchev–Trinajstić information content (AvgIpc) is 3.13. The lowest BCUT2D eigenvalue weighted by atomic mass is 9.95. The minimum atomic E-state index is -4.35. The zero-order valence-electron chi connectivity index (χ0n) is 15.8. The molecule has 0 fully saturated rings. The molecular formula is C22H21F3N4. The number of nitrogens with zero attached hydrogens (tertiary/aromatic N) is 3. The second kappa shape index (κ2) is 7.73. The minimum absolute atomic E-state index is 0.297. The number of fused-ring (bicyclic) bond motifs is 1. The van der Waals surface area contributed by atoms with Crippen LogP contribution in [-0.4, -0.2) is 14.5 Å². The van der Waals surface area contributed by atoms with Gasteiger partial charge in [-0.2, -0.15) is 13.2 Å². The summed E-state index contributed by atoms with van der Waals surface area (Å²) in [7, 11) is 0. The Labute approximate surface area is 167 Å². The lowest BCUT2D eigenvalue weighted by molar-refractivity contribution is -0.137. The number of rotatable bonds is 5. The number of anilines is 1. The van der Waals surface area contributed by atoms with Gasteiger partial charge in [-0.25, -0.2) is 4.98 Å². The molecule has 1 aliphatic carbocycles. The molecule has 0 amide bonds. The number of hydrogen-bond acceptors (Lipinski definition) is 3. The standard InChI is InChI=1S/C22H21F3N4/c1-15(18-10-17-6-2-3-8-20(17)26-11-18)28-21-13-29(14-27-21)12-16-5-4-7-19(9-16)22(23,24)25/h4-5,7,9-11,13-14,28H,1-3,6,8,12H2. The number of aromatic nitrogens is 3. The fraction of sp³-hybridized carbons (Fsp3) is 0.273. The van der Waals surface area contributed by atoms with E-state index < -0.39 is 11.7 Å². The quantitative estimate of drug-likeness (QED) is 0.634. The summed E-state index contributed by atoms with van der Waals surface area (Å²) in [4.78, 5) is 8.84. The molecule has 4 nitrogen and oxygen atoms in total. The van der Waals surface area contributed by atoms with Crippen molar-refractivity contribution in [2.45, 2.75) is 38.4 Å². The van der Waals surface area contributed by atoms with Crippen LogP contribution in [-0.2, 0) is 25.6 Å². The van der Waals surface area contributed by atoms with E-state index in [2.05, 4.69) is 27.9 Å². The third kappa shape index (κ3) is 4.50. The first-order chi connectivity index (χ1) is 13.9. The van der Waals surface area contributed by atoms with Gasteiger partial charge in [-0.1, -0.05) is 18.7 Å². The Balaban J connectivity index is 1.44. The first-order valence-electron chi connectivity index (χ1n) is 9.50. The van der Waals surface area contributed by atoms with Crippen molar-refractivity contribution in [3.8, 4) is 0 Å². The van der Waals surface area contributed by atoms with Crippen LogP contribution < -0.4 is 5.32 Å². The third-order valence-corrected chi connectivity index (χ3v) is 5.05. The molecule has 4 rings (SSSR count). The van der Waals surface area contributed by atoms with Gasteiger partial charge >= 0.3 is 6.18 Å². The zero-order chi connectivity index (χ0) is 20.4. The first kappa shape index (κ1) is 19.2. The third-order valence-electron chi connectivity index (χ3n) is 5.05. The van der Waals surface area contributed by atoms with Crippen LogP contribution >= 0.6 is 0 Å². The largest absolute Gasteiger partial charge is 0.416 e. The number of alkyl halides is 3. The summed E-state index contributed by atoms with van der Waals surface area (Å²) >= 11 is 0. The van der Waals surface area contributed by atoms with Crippen molar-refractivity contribution in [2.24, 2.45) is 0 Å². The van der Waals surface area contributed by atoms with E-state index in [1.807, 2.05) is 6.20 Å². The first-order valence-corrected chi connectivity index (χ1v) is 9.50. The predicted octanol–water partition coefficient (Wildman–Crippen LogP) is 5.31. The van der Waals surface area contributed by atoms with Crippen LogP contribution in [0.25, 0.3) is 5.70 Å². The summed E-state index contributed by atoms with van der Waals surface area (Å²) in [5, 5.41) is 3.16. The molecule has 0 spiro atoms. The number of imidazole rings is 1. The molecule has 150 valence electrons. The van der Waals surface area contributed by atoms with Crippen LogP contribution in [0, 0.1) is 0 Å². The molecule has 0 saturated heterocycles. The lowest BCUT2D eigenvalue weighted by Gasteiger charge is -2.16. The van der Waals surface area contributed by atoms with Crippen LogP contribution in [0.4, 0.5) is 19.0 Å². The van der Waals surface area contributed by atoms with E-state index in [1.54, 1.807) is 23.2 Å². The van der Waals surface area contributed by atoms with Crippen LogP contribution in [0.15, 0.2) is 55.6 Å². The number of aryl methyl sites for hydroxylation is 2. The number of pyridine rings is 1. The summed E-state index contributed by atoms with van der Waals surface area (Å²) < 4.78 is 40.4. The number of benzene rings is 1. The van der Waals surface area contributed by atoms with E-state index >= 15 is 0 Å². The molecule has 1 aliphatic rings. The fourth-order valence-corrected chi connectivity index (χ4v) is 3.55. The molecule has 2 heterocycles. The molecule has 0 bridgehead atoms. The second-order valence-electron chi connectivity index (χ2n) is 7.27. The van der Waals surface area contributed by atoms with Crippen molar-refractivity contribution in [2.75, 3.05) is 5.32 Å². The van der Waals surface area contributed by atoms with Crippen molar-refractivity contribution in [1.29, 1.82) is 0 Å². The van der Waals surface area contributed by atoms with Crippen LogP contribution in [0.3, 0.4) is 0 Å². The van der Waals surface area contributed by atoms with E-state index in [0.29, 0.717) is 23.6 Å². The highest BCUT2D eigenvalue weighted by Gasteiger charge is 2.30.